The second-order valence-electron chi connectivity index (χ2n) is 2.27. The van der Waals surface area contributed by atoms with Gasteiger partial charge in [0.15, 0.2) is 0 Å². The van der Waals surface area contributed by atoms with Crippen LogP contribution in [0.2, 0.25) is 0 Å². The van der Waals surface area contributed by atoms with Crippen LogP contribution in [0.3, 0.4) is 0 Å². The summed E-state index contributed by atoms with van der Waals surface area (Å²) >= 11 is 0. The fourth-order valence-electron chi connectivity index (χ4n) is 0.942. The largest absolute Gasteiger partial charge is 0.391 e. The molecular weight excluding hydrogens is 142 g/mol. The van der Waals surface area contributed by atoms with Crippen molar-refractivity contribution >= 4 is 5.82 Å². The van der Waals surface area contributed by atoms with Gasteiger partial charge in [-0.1, -0.05) is 0 Å². The minimum atomic E-state index is -2.14. The van der Waals surface area contributed by atoms with Crippen LogP contribution in [0, 0.1) is 0 Å². The summed E-state index contributed by atoms with van der Waals surface area (Å²) in [6, 6.07) is 1.47. The molecule has 1 saturated heterocycles. The van der Waals surface area contributed by atoms with E-state index in [9.17, 15) is 5.11 Å². The van der Waals surface area contributed by atoms with Gasteiger partial charge in [0.2, 0.25) is 0 Å². The van der Waals surface area contributed by atoms with Gasteiger partial charge in [-0.3, -0.25) is 5.10 Å². The lowest BCUT2D eigenvalue weighted by Gasteiger charge is -2.12. The van der Waals surface area contributed by atoms with Gasteiger partial charge < -0.3 is 10.0 Å². The summed E-state index contributed by atoms with van der Waals surface area (Å²) in [6.07, 6.45) is -0.150. The van der Waals surface area contributed by atoms with Gasteiger partial charge >= 0.3 is 0 Å². The predicted molar refractivity (Wildman–Crippen MR) is 41.4 cm³/mol. The van der Waals surface area contributed by atoms with Crippen LogP contribution in [0.5, 0.6) is 0 Å². The van der Waals surface area contributed by atoms with E-state index < -0.39 is 19.1 Å². The molecule has 0 aromatic carbocycles. The van der Waals surface area contributed by atoms with E-state index in [2.05, 4.69) is 10.2 Å². The molecule has 1 aliphatic rings. The van der Waals surface area contributed by atoms with Crippen molar-refractivity contribution < 1.29 is 10.6 Å². The van der Waals surface area contributed by atoms with Crippen LogP contribution >= 0.6 is 0 Å². The van der Waals surface area contributed by atoms with Crippen molar-refractivity contribution in [3.05, 3.63) is 12.3 Å². The molecule has 0 bridgehead atoms. The van der Waals surface area contributed by atoms with Gasteiger partial charge in [0.05, 0.1) is 8.85 Å². The molecule has 2 rings (SSSR count). The average Bonchev–Trinajstić information content (AvgIpc) is 2.58. The highest BCUT2D eigenvalue weighted by Gasteiger charge is 2.20. The molecule has 2 N–H and O–H groups in total. The zero-order valence-corrected chi connectivity index (χ0v) is 5.78. The van der Waals surface area contributed by atoms with E-state index in [-0.39, 0.29) is 12.2 Å². The van der Waals surface area contributed by atoms with Crippen molar-refractivity contribution in [1.82, 2.24) is 10.2 Å². The van der Waals surface area contributed by atoms with E-state index in [0.29, 0.717) is 0 Å². The SMILES string of the molecule is [2H]C1([2H])C[C@H](O)C([2H])([2H])N1c1cc[nH]n1. The minimum absolute atomic E-state index is 0.154. The Morgan fingerprint density at radius 1 is 1.91 bits per heavy atom. The quantitative estimate of drug-likeness (QED) is 0.602. The van der Waals surface area contributed by atoms with Crippen LogP contribution in [0.1, 0.15) is 11.9 Å². The fraction of sp³-hybridized carbons (Fsp3) is 0.571. The highest BCUT2D eigenvalue weighted by atomic mass is 16.3. The third-order valence-electron chi connectivity index (χ3n) is 1.44. The summed E-state index contributed by atoms with van der Waals surface area (Å²) in [4.78, 5) is 0.862. The van der Waals surface area contributed by atoms with Crippen LogP contribution in [0.15, 0.2) is 12.3 Å². The minimum Gasteiger partial charge on any atom is -0.391 e. The van der Waals surface area contributed by atoms with Gasteiger partial charge in [-0.25, -0.2) is 0 Å². The average molecular weight is 157 g/mol. The Bertz CT molecular complexity index is 353. The zero-order valence-electron chi connectivity index (χ0n) is 9.78. The molecule has 1 fully saturated rings. The third kappa shape index (κ3) is 1.21. The van der Waals surface area contributed by atoms with Gasteiger partial charge in [0.1, 0.15) is 5.82 Å². The van der Waals surface area contributed by atoms with Crippen molar-refractivity contribution in [2.75, 3.05) is 17.9 Å². The van der Waals surface area contributed by atoms with Crippen LogP contribution in [-0.4, -0.2) is 34.4 Å². The molecule has 0 unspecified atom stereocenters. The number of aromatic nitrogens is 2. The molecule has 1 aliphatic heterocycles. The van der Waals surface area contributed by atoms with Crippen LogP contribution in [0.25, 0.3) is 0 Å². The Kier molecular flexibility index (Phi) is 0.827. The number of rotatable bonds is 1. The van der Waals surface area contributed by atoms with Crippen molar-refractivity contribution in [1.29, 1.82) is 0 Å². The number of nitrogens with zero attached hydrogens (tertiary/aromatic N) is 2. The van der Waals surface area contributed by atoms with E-state index >= 15 is 0 Å². The predicted octanol–water partition coefficient (Wildman–Crippen LogP) is -0.0193. The van der Waals surface area contributed by atoms with Crippen molar-refractivity contribution in [2.45, 2.75) is 12.5 Å². The maximum absolute atomic E-state index is 9.47. The van der Waals surface area contributed by atoms with Crippen molar-refractivity contribution in [2.24, 2.45) is 0 Å². The van der Waals surface area contributed by atoms with Crippen LogP contribution in [0.4, 0.5) is 5.82 Å². The Labute approximate surface area is 70.5 Å². The Morgan fingerprint density at radius 3 is 3.36 bits per heavy atom. The summed E-state index contributed by atoms with van der Waals surface area (Å²) in [5.74, 6) is 0.154. The van der Waals surface area contributed by atoms with Gasteiger partial charge in [0, 0.05) is 28.0 Å². The van der Waals surface area contributed by atoms with E-state index in [4.69, 9.17) is 5.48 Å². The van der Waals surface area contributed by atoms with Gasteiger partial charge in [0.25, 0.3) is 0 Å². The number of aliphatic hydroxyl groups is 1. The molecule has 0 amide bonds. The maximum atomic E-state index is 9.47. The molecule has 1 atom stereocenters. The van der Waals surface area contributed by atoms with Crippen molar-refractivity contribution in [3.63, 3.8) is 0 Å². The molecular formula is C7H11N3O. The second-order valence-corrected chi connectivity index (χ2v) is 2.27. The van der Waals surface area contributed by atoms with Gasteiger partial charge in [-0.2, -0.15) is 5.10 Å². The molecule has 0 aliphatic carbocycles. The summed E-state index contributed by atoms with van der Waals surface area (Å²) in [5, 5.41) is 15.7. The molecule has 2 heterocycles. The van der Waals surface area contributed by atoms with Crippen LogP contribution < -0.4 is 4.90 Å². The molecule has 0 radical (unpaired) electrons. The number of nitrogens with one attached hydrogen (secondary N) is 1. The number of aliphatic hydroxyl groups excluding tert-OH is 1. The highest BCUT2D eigenvalue weighted by Crippen LogP contribution is 2.16. The normalized spacial score (nSPS) is 39.0. The van der Waals surface area contributed by atoms with E-state index in [1.165, 1.54) is 12.3 Å². The lowest BCUT2D eigenvalue weighted by Crippen LogP contribution is -2.21. The molecule has 60 valence electrons. The molecule has 1 aromatic heterocycles. The number of hydrogen-bond acceptors (Lipinski definition) is 3. The lowest BCUT2D eigenvalue weighted by atomic mass is 10.3. The first-order valence-electron chi connectivity index (χ1n) is 5.34. The first kappa shape index (κ1) is 3.58. The van der Waals surface area contributed by atoms with Gasteiger partial charge in [-0.05, 0) is 6.42 Å². The third-order valence-corrected chi connectivity index (χ3v) is 1.44. The number of hydrogen-bond donors (Lipinski definition) is 2. The summed E-state index contributed by atoms with van der Waals surface area (Å²) in [7, 11) is 0. The van der Waals surface area contributed by atoms with Crippen LogP contribution in [-0.2, 0) is 0 Å². The highest BCUT2D eigenvalue weighted by molar-refractivity contribution is 5.37. The van der Waals surface area contributed by atoms with E-state index in [1.807, 2.05) is 0 Å². The number of H-pyrrole nitrogens is 1. The number of anilines is 1. The number of β-amino-alcohol motifs (C(OH)–C–C–N with tert-alkyl or cyclic N) is 1. The zero-order chi connectivity index (χ0) is 11.3. The molecule has 4 heteroatoms. The Morgan fingerprint density at radius 2 is 2.82 bits per heavy atom. The molecule has 11 heavy (non-hydrogen) atoms. The molecule has 1 aromatic rings. The summed E-state index contributed by atoms with van der Waals surface area (Å²) in [6.45, 7) is -4.07. The van der Waals surface area contributed by atoms with Gasteiger partial charge in [-0.15, -0.1) is 0 Å². The monoisotopic (exact) mass is 157 g/mol. The number of aromatic amines is 1. The fourth-order valence-corrected chi connectivity index (χ4v) is 0.942. The summed E-state index contributed by atoms with van der Waals surface area (Å²) < 4.78 is 30.5. The van der Waals surface area contributed by atoms with E-state index in [0.717, 1.165) is 4.90 Å². The Hall–Kier alpha value is -1.03. The standard InChI is InChI=1S/C7H11N3O/c11-6-2-4-10(5-6)7-1-3-8-9-7/h1,3,6,11H,2,4-5H2,(H,8,9)/t6-/m0/s1/i4D2,5D2. The van der Waals surface area contributed by atoms with Crippen molar-refractivity contribution in [3.8, 4) is 0 Å². The molecule has 4 nitrogen and oxygen atoms in total. The molecule has 0 saturated carbocycles. The van der Waals surface area contributed by atoms with E-state index in [1.54, 1.807) is 0 Å². The first-order chi connectivity index (χ1) is 6.86. The smallest absolute Gasteiger partial charge is 0.150 e. The topological polar surface area (TPSA) is 52.1 Å². The molecule has 0 spiro atoms. The Balaban J connectivity index is 2.44. The summed E-state index contributed by atoms with van der Waals surface area (Å²) in [5.41, 5.74) is 0. The first-order valence-corrected chi connectivity index (χ1v) is 3.34. The lowest BCUT2D eigenvalue weighted by molar-refractivity contribution is 0.198. The maximum Gasteiger partial charge on any atom is 0.150 e. The second kappa shape index (κ2) is 2.54.